The second kappa shape index (κ2) is 3.85. The van der Waals surface area contributed by atoms with Crippen molar-refractivity contribution in [1.82, 2.24) is 4.98 Å². The fourth-order valence-electron chi connectivity index (χ4n) is 0.928. The van der Waals surface area contributed by atoms with E-state index in [-0.39, 0.29) is 5.78 Å². The Morgan fingerprint density at radius 2 is 2.31 bits per heavy atom. The van der Waals surface area contributed by atoms with Gasteiger partial charge in [0.2, 0.25) is 5.78 Å². The largest absolute Gasteiger partial charge is 0.494 e. The van der Waals surface area contributed by atoms with Gasteiger partial charge in [-0.25, -0.2) is 4.98 Å². The van der Waals surface area contributed by atoms with Crippen molar-refractivity contribution in [3.63, 3.8) is 0 Å². The Hall–Kier alpha value is -1.64. The number of hydrogen-bond donors (Lipinski definition) is 0. The molecule has 0 aliphatic heterocycles. The molecule has 1 aromatic rings. The first kappa shape index (κ1) is 9.45. The molecule has 0 N–H and O–H groups in total. The number of nitrogens with zero attached hydrogens (tertiary/aromatic N) is 1. The molecule has 0 saturated heterocycles. The Bertz CT molecular complexity index is 345. The molecule has 1 rings (SSSR count). The van der Waals surface area contributed by atoms with Crippen LogP contribution in [0.1, 0.15) is 17.4 Å². The summed E-state index contributed by atoms with van der Waals surface area (Å²) in [6, 6.07) is 3.41. The lowest BCUT2D eigenvalue weighted by molar-refractivity contribution is 0.102. The molecular weight excluding hydrogens is 166 g/mol. The normalized spacial score (nSPS) is 9.38. The highest BCUT2D eigenvalue weighted by molar-refractivity contribution is 6.08. The molecule has 0 aromatic carbocycles. The maximum absolute atomic E-state index is 11.5. The quantitative estimate of drug-likeness (QED) is 0.522. The number of ketones is 1. The second-order valence-electron chi connectivity index (χ2n) is 2.66. The lowest BCUT2D eigenvalue weighted by Gasteiger charge is -2.04. The van der Waals surface area contributed by atoms with Gasteiger partial charge in [-0.3, -0.25) is 4.79 Å². The van der Waals surface area contributed by atoms with E-state index in [4.69, 9.17) is 4.74 Å². The van der Waals surface area contributed by atoms with E-state index in [0.717, 1.165) is 0 Å². The van der Waals surface area contributed by atoms with Gasteiger partial charge in [0, 0.05) is 6.20 Å². The van der Waals surface area contributed by atoms with Crippen LogP contribution >= 0.6 is 0 Å². The first-order valence-electron chi connectivity index (χ1n) is 3.86. The molecule has 0 atom stereocenters. The third kappa shape index (κ3) is 1.93. The van der Waals surface area contributed by atoms with Crippen LogP contribution in [0.25, 0.3) is 0 Å². The summed E-state index contributed by atoms with van der Waals surface area (Å²) < 4.78 is 4.99. The maximum Gasteiger partial charge on any atom is 0.210 e. The third-order valence-electron chi connectivity index (χ3n) is 1.59. The van der Waals surface area contributed by atoms with E-state index < -0.39 is 0 Å². The van der Waals surface area contributed by atoms with Gasteiger partial charge in [0.25, 0.3) is 0 Å². The van der Waals surface area contributed by atoms with Gasteiger partial charge in [-0.2, -0.15) is 0 Å². The SMILES string of the molecule is C=C(C)C(=O)c1ncccc1OC. The lowest BCUT2D eigenvalue weighted by Crippen LogP contribution is -2.05. The van der Waals surface area contributed by atoms with E-state index in [9.17, 15) is 4.79 Å². The molecule has 68 valence electrons. The number of methoxy groups -OCH3 is 1. The molecule has 0 amide bonds. The minimum Gasteiger partial charge on any atom is -0.494 e. The Kier molecular flexibility index (Phi) is 2.80. The average Bonchev–Trinajstić information content (AvgIpc) is 2.16. The zero-order valence-corrected chi connectivity index (χ0v) is 7.70. The minimum absolute atomic E-state index is 0.183. The summed E-state index contributed by atoms with van der Waals surface area (Å²) in [7, 11) is 1.51. The second-order valence-corrected chi connectivity index (χ2v) is 2.66. The molecule has 0 aliphatic rings. The molecule has 0 bridgehead atoms. The van der Waals surface area contributed by atoms with Crippen molar-refractivity contribution in [2.45, 2.75) is 6.92 Å². The van der Waals surface area contributed by atoms with Crippen molar-refractivity contribution in [2.75, 3.05) is 7.11 Å². The van der Waals surface area contributed by atoms with Gasteiger partial charge in [0.15, 0.2) is 5.69 Å². The fourth-order valence-corrected chi connectivity index (χ4v) is 0.928. The van der Waals surface area contributed by atoms with Crippen LogP contribution in [0, 0.1) is 0 Å². The summed E-state index contributed by atoms with van der Waals surface area (Å²) in [5.74, 6) is 0.299. The lowest BCUT2D eigenvalue weighted by atomic mass is 10.1. The Balaban J connectivity index is 3.13. The minimum atomic E-state index is -0.183. The molecule has 0 saturated carbocycles. The topological polar surface area (TPSA) is 39.2 Å². The molecular formula is C10H11NO2. The first-order valence-corrected chi connectivity index (χ1v) is 3.86. The monoisotopic (exact) mass is 177 g/mol. The molecule has 0 aliphatic carbocycles. The smallest absolute Gasteiger partial charge is 0.210 e. The molecule has 3 nitrogen and oxygen atoms in total. The van der Waals surface area contributed by atoms with Gasteiger partial charge in [-0.1, -0.05) is 6.58 Å². The van der Waals surface area contributed by atoms with E-state index in [2.05, 4.69) is 11.6 Å². The maximum atomic E-state index is 11.5. The number of hydrogen-bond acceptors (Lipinski definition) is 3. The number of Topliss-reactive ketones (excluding diaryl/α,β-unsaturated/α-hetero) is 1. The van der Waals surface area contributed by atoms with Crippen molar-refractivity contribution >= 4 is 5.78 Å². The van der Waals surface area contributed by atoms with Crippen molar-refractivity contribution < 1.29 is 9.53 Å². The zero-order valence-electron chi connectivity index (χ0n) is 7.70. The number of carbonyl (C=O) groups is 1. The molecule has 3 heteroatoms. The van der Waals surface area contributed by atoms with Gasteiger partial charge < -0.3 is 4.74 Å². The van der Waals surface area contributed by atoms with Crippen LogP contribution in [0.5, 0.6) is 5.75 Å². The molecule has 0 radical (unpaired) electrons. The van der Waals surface area contributed by atoms with Crippen LogP contribution in [0.4, 0.5) is 0 Å². The summed E-state index contributed by atoms with van der Waals surface area (Å²) in [5.41, 5.74) is 0.773. The predicted molar refractivity (Wildman–Crippen MR) is 49.9 cm³/mol. The van der Waals surface area contributed by atoms with Crippen LogP contribution in [0.15, 0.2) is 30.5 Å². The van der Waals surface area contributed by atoms with E-state index in [1.807, 2.05) is 0 Å². The van der Waals surface area contributed by atoms with Crippen molar-refractivity contribution in [1.29, 1.82) is 0 Å². The number of aromatic nitrogens is 1. The molecule has 0 fully saturated rings. The predicted octanol–water partition coefficient (Wildman–Crippen LogP) is 1.85. The standard InChI is InChI=1S/C10H11NO2/c1-7(2)10(12)9-8(13-3)5-4-6-11-9/h4-6H,1H2,2-3H3. The summed E-state index contributed by atoms with van der Waals surface area (Å²) in [4.78, 5) is 15.4. The average molecular weight is 177 g/mol. The summed E-state index contributed by atoms with van der Waals surface area (Å²) in [5, 5.41) is 0. The number of rotatable bonds is 3. The highest BCUT2D eigenvalue weighted by atomic mass is 16.5. The molecule has 13 heavy (non-hydrogen) atoms. The van der Waals surface area contributed by atoms with Crippen LogP contribution < -0.4 is 4.74 Å². The Morgan fingerprint density at radius 3 is 2.85 bits per heavy atom. The van der Waals surface area contributed by atoms with Crippen molar-refractivity contribution in [3.8, 4) is 5.75 Å². The van der Waals surface area contributed by atoms with Crippen molar-refractivity contribution in [2.24, 2.45) is 0 Å². The van der Waals surface area contributed by atoms with Gasteiger partial charge >= 0.3 is 0 Å². The van der Waals surface area contributed by atoms with Gasteiger partial charge in [0.1, 0.15) is 5.75 Å². The van der Waals surface area contributed by atoms with Crippen LogP contribution in [0.3, 0.4) is 0 Å². The third-order valence-corrected chi connectivity index (χ3v) is 1.59. The number of allylic oxidation sites excluding steroid dienone is 1. The summed E-state index contributed by atoms with van der Waals surface area (Å²) in [6.45, 7) is 5.21. The van der Waals surface area contributed by atoms with Crippen LogP contribution in [-0.4, -0.2) is 17.9 Å². The van der Waals surface area contributed by atoms with Crippen molar-refractivity contribution in [3.05, 3.63) is 36.2 Å². The Labute approximate surface area is 77.1 Å². The van der Waals surface area contributed by atoms with Crippen LogP contribution in [-0.2, 0) is 0 Å². The van der Waals surface area contributed by atoms with E-state index >= 15 is 0 Å². The van der Waals surface area contributed by atoms with Gasteiger partial charge in [-0.15, -0.1) is 0 Å². The summed E-state index contributed by atoms with van der Waals surface area (Å²) in [6.07, 6.45) is 1.55. The molecule has 0 unspecified atom stereocenters. The molecule has 0 spiro atoms. The number of carbonyl (C=O) groups excluding carboxylic acids is 1. The first-order chi connectivity index (χ1) is 6.16. The van der Waals surface area contributed by atoms with E-state index in [0.29, 0.717) is 17.0 Å². The highest BCUT2D eigenvalue weighted by Gasteiger charge is 2.12. The van der Waals surface area contributed by atoms with E-state index in [1.54, 1.807) is 25.3 Å². The van der Waals surface area contributed by atoms with E-state index in [1.165, 1.54) is 7.11 Å². The zero-order chi connectivity index (χ0) is 9.84. The molecule has 1 heterocycles. The number of ether oxygens (including phenoxy) is 1. The van der Waals surface area contributed by atoms with Gasteiger partial charge in [-0.05, 0) is 24.6 Å². The van der Waals surface area contributed by atoms with Gasteiger partial charge in [0.05, 0.1) is 7.11 Å². The number of pyridine rings is 1. The highest BCUT2D eigenvalue weighted by Crippen LogP contribution is 2.17. The summed E-state index contributed by atoms with van der Waals surface area (Å²) >= 11 is 0. The Morgan fingerprint density at radius 1 is 1.62 bits per heavy atom. The van der Waals surface area contributed by atoms with Crippen LogP contribution in [0.2, 0.25) is 0 Å². The fraction of sp³-hybridized carbons (Fsp3) is 0.200. The molecule has 1 aromatic heterocycles.